The summed E-state index contributed by atoms with van der Waals surface area (Å²) < 4.78 is 0.843. The van der Waals surface area contributed by atoms with Gasteiger partial charge in [0.05, 0.1) is 0 Å². The second-order valence-corrected chi connectivity index (χ2v) is 14.1. The molecule has 0 saturated heterocycles. The van der Waals surface area contributed by atoms with Crippen LogP contribution in [0.2, 0.25) is 21.9 Å². The minimum atomic E-state index is -1.51. The van der Waals surface area contributed by atoms with E-state index in [1.54, 1.807) is 5.19 Å². The molecule has 27 heavy (non-hydrogen) atoms. The largest absolute Gasteiger partial charge is 1.00 e. The van der Waals surface area contributed by atoms with Crippen molar-refractivity contribution in [3.63, 3.8) is 0 Å². The van der Waals surface area contributed by atoms with Gasteiger partial charge in [0.25, 0.3) is 0 Å². The van der Waals surface area contributed by atoms with Crippen LogP contribution in [0.15, 0.2) is 54.6 Å². The van der Waals surface area contributed by atoms with Crippen LogP contribution < -0.4 is 42.4 Å². The third-order valence-electron chi connectivity index (χ3n) is 7.29. The molecule has 5 heteroatoms. The third kappa shape index (κ3) is 4.81. The van der Waals surface area contributed by atoms with Gasteiger partial charge in [-0.2, -0.15) is 0 Å². The molecule has 1 aromatic carbocycles. The van der Waals surface area contributed by atoms with E-state index in [0.29, 0.717) is 0 Å². The Balaban J connectivity index is 0.00000121. The maximum Gasteiger partial charge on any atom is -1.00 e. The van der Waals surface area contributed by atoms with Crippen molar-refractivity contribution in [1.29, 1.82) is 0 Å². The van der Waals surface area contributed by atoms with Crippen LogP contribution in [-0.2, 0) is 20.4 Å². The number of benzene rings is 1. The molecule has 0 nitrogen and oxygen atoms in total. The quantitative estimate of drug-likeness (QED) is 0.404. The van der Waals surface area contributed by atoms with Gasteiger partial charge in [-0.25, -0.2) is 0 Å². The molecule has 5 atom stereocenters. The molecular weight excluding hydrogens is 447 g/mol. The van der Waals surface area contributed by atoms with E-state index in [9.17, 15) is 0 Å². The first-order chi connectivity index (χ1) is 11.7. The molecule has 0 aliphatic heterocycles. The summed E-state index contributed by atoms with van der Waals surface area (Å²) in [6, 6.07) is 11.7. The summed E-state index contributed by atoms with van der Waals surface area (Å²) in [4.78, 5) is 0. The summed E-state index contributed by atoms with van der Waals surface area (Å²) in [7, 11) is -1.51. The van der Waals surface area contributed by atoms with Crippen molar-refractivity contribution in [3.05, 3.63) is 54.6 Å². The molecule has 1 aromatic rings. The molecule has 3 aliphatic rings. The van der Waals surface area contributed by atoms with Crippen LogP contribution >= 0.6 is 0 Å². The SMILES string of the molecule is C[Si](c1ccccc1)(C1CCCCC1)C1CC2C=CC=CC2[CH]1[Ti+3].[Cl-].[Cl-].[Cl-]. The van der Waals surface area contributed by atoms with Gasteiger partial charge < -0.3 is 37.2 Å². The minimum Gasteiger partial charge on any atom is -1.00 e. The van der Waals surface area contributed by atoms with Crippen molar-refractivity contribution in [2.24, 2.45) is 11.8 Å². The van der Waals surface area contributed by atoms with Gasteiger partial charge in [-0.15, -0.1) is 0 Å². The van der Waals surface area contributed by atoms with Crippen LogP contribution in [0.4, 0.5) is 0 Å². The van der Waals surface area contributed by atoms with E-state index >= 15 is 0 Å². The summed E-state index contributed by atoms with van der Waals surface area (Å²) in [5.41, 5.74) is 1.93. The van der Waals surface area contributed by atoms with Gasteiger partial charge in [0.1, 0.15) is 0 Å². The molecule has 0 amide bonds. The topological polar surface area (TPSA) is 0 Å². The molecule has 0 N–H and O–H groups in total. The fraction of sp³-hybridized carbons (Fsp3) is 0.545. The number of hydrogen-bond donors (Lipinski definition) is 0. The van der Waals surface area contributed by atoms with E-state index in [2.05, 4.69) is 81.6 Å². The van der Waals surface area contributed by atoms with E-state index in [1.807, 2.05) is 0 Å². The van der Waals surface area contributed by atoms with Crippen molar-refractivity contribution in [2.75, 3.05) is 0 Å². The van der Waals surface area contributed by atoms with Crippen molar-refractivity contribution < 1.29 is 57.7 Å². The monoisotopic (exact) mass is 474 g/mol. The summed E-state index contributed by atoms with van der Waals surface area (Å²) >= 11 is 2.57. The average molecular weight is 476 g/mol. The molecule has 2 fully saturated rings. The van der Waals surface area contributed by atoms with Gasteiger partial charge in [-0.1, -0.05) is 0 Å². The molecule has 2 saturated carbocycles. The molecule has 146 valence electrons. The summed E-state index contributed by atoms with van der Waals surface area (Å²) in [5.74, 6) is 1.59. The van der Waals surface area contributed by atoms with Gasteiger partial charge >= 0.3 is 161 Å². The smallest absolute Gasteiger partial charge is 1.00 e. The van der Waals surface area contributed by atoms with Crippen molar-refractivity contribution in [1.82, 2.24) is 0 Å². The Bertz CT molecular complexity index is 630. The Hall–Kier alpha value is 0.501. The van der Waals surface area contributed by atoms with E-state index in [-0.39, 0.29) is 37.2 Å². The van der Waals surface area contributed by atoms with Gasteiger partial charge in [0, 0.05) is 0 Å². The second-order valence-electron chi connectivity index (χ2n) is 8.36. The number of fused-ring (bicyclic) bond motifs is 1. The maximum absolute atomic E-state index is 2.75. The van der Waals surface area contributed by atoms with Crippen LogP contribution in [0.25, 0.3) is 0 Å². The molecule has 3 aliphatic carbocycles. The minimum absolute atomic E-state index is 0. The van der Waals surface area contributed by atoms with Gasteiger partial charge in [-0.05, 0) is 0 Å². The Morgan fingerprint density at radius 3 is 2.15 bits per heavy atom. The number of hydrogen-bond acceptors (Lipinski definition) is 0. The molecule has 0 aromatic heterocycles. The van der Waals surface area contributed by atoms with Crippen molar-refractivity contribution in [2.45, 2.75) is 60.4 Å². The maximum atomic E-state index is 2.75. The molecule has 0 spiro atoms. The van der Waals surface area contributed by atoms with E-state index < -0.39 is 8.07 Å². The molecule has 5 unspecified atom stereocenters. The zero-order valence-electron chi connectivity index (χ0n) is 16.0. The number of halogens is 3. The van der Waals surface area contributed by atoms with Gasteiger partial charge in [0.2, 0.25) is 0 Å². The Labute approximate surface area is 196 Å². The van der Waals surface area contributed by atoms with Gasteiger partial charge in [-0.3, -0.25) is 0 Å². The molecular formula is C22H29Cl3SiTi. The van der Waals surface area contributed by atoms with E-state index in [4.69, 9.17) is 0 Å². The van der Waals surface area contributed by atoms with Crippen LogP contribution in [0.3, 0.4) is 0 Å². The normalized spacial score (nSPS) is 31.7. The van der Waals surface area contributed by atoms with Crippen molar-refractivity contribution in [3.8, 4) is 0 Å². The van der Waals surface area contributed by atoms with Crippen LogP contribution in [0.1, 0.15) is 38.5 Å². The fourth-order valence-electron chi connectivity index (χ4n) is 5.87. The number of allylic oxidation sites excluding steroid dienone is 4. The van der Waals surface area contributed by atoms with E-state index in [0.717, 1.165) is 27.1 Å². The fourth-order valence-corrected chi connectivity index (χ4v) is 14.0. The van der Waals surface area contributed by atoms with Crippen LogP contribution in [0.5, 0.6) is 0 Å². The van der Waals surface area contributed by atoms with Crippen LogP contribution in [-0.4, -0.2) is 8.07 Å². The molecule has 0 bridgehead atoms. The Morgan fingerprint density at radius 2 is 1.52 bits per heavy atom. The molecule has 4 rings (SSSR count). The zero-order valence-corrected chi connectivity index (χ0v) is 20.8. The van der Waals surface area contributed by atoms with E-state index in [1.165, 1.54) is 38.5 Å². The zero-order chi connectivity index (χ0) is 16.6. The summed E-state index contributed by atoms with van der Waals surface area (Å²) in [5, 5.41) is 1.74. The Kier molecular flexibility index (Phi) is 10.4. The predicted molar refractivity (Wildman–Crippen MR) is 102 cm³/mol. The second kappa shape index (κ2) is 11.0. The standard InChI is InChI=1S/C22H29Si.3ClH.Ti/c1-23(20-12-4-2-5-13-20,21-14-6-3-7-15-21)22-16-18-10-8-9-11-19(18)17-22;;;;/h2,4-5,8-13,16,18-19,21-22H,3,6-7,14-15,17H2,1H3;3*1H;/q;;;;+3/p-3. The third-order valence-corrected chi connectivity index (χ3v) is 15.0. The first kappa shape index (κ1) is 25.5. The Morgan fingerprint density at radius 1 is 0.889 bits per heavy atom. The summed E-state index contributed by atoms with van der Waals surface area (Å²) in [6.45, 7) is 2.75. The summed E-state index contributed by atoms with van der Waals surface area (Å²) in [6.07, 6.45) is 18.4. The van der Waals surface area contributed by atoms with Gasteiger partial charge in [0.15, 0.2) is 0 Å². The van der Waals surface area contributed by atoms with Crippen molar-refractivity contribution >= 4 is 13.3 Å². The first-order valence-corrected chi connectivity index (χ1v) is 13.4. The molecule has 0 radical (unpaired) electrons. The predicted octanol–water partition coefficient (Wildman–Crippen LogP) is -3.21. The molecule has 0 heterocycles. The first-order valence-electron chi connectivity index (χ1n) is 9.83. The van der Waals surface area contributed by atoms with Crippen LogP contribution in [0, 0.1) is 11.8 Å². The average Bonchev–Trinajstić information content (AvgIpc) is 3.00. The number of rotatable bonds is 3.